The Hall–Kier alpha value is -3.42. The molecule has 4 N–H and O–H groups in total. The summed E-state index contributed by atoms with van der Waals surface area (Å²) < 4.78 is 8.11. The number of aromatic nitrogens is 4. The van der Waals surface area contributed by atoms with Crippen LogP contribution in [0.2, 0.25) is 0 Å². The van der Waals surface area contributed by atoms with Gasteiger partial charge < -0.3 is 19.9 Å². The fraction of sp³-hybridized carbons (Fsp3) is 0.364. The van der Waals surface area contributed by atoms with Gasteiger partial charge in [-0.05, 0) is 43.2 Å². The lowest BCUT2D eigenvalue weighted by Gasteiger charge is -2.28. The van der Waals surface area contributed by atoms with Gasteiger partial charge in [0.15, 0.2) is 5.82 Å². The second kappa shape index (κ2) is 7.44. The first-order valence-corrected chi connectivity index (χ1v) is 10.4. The molecule has 1 aromatic carbocycles. The van der Waals surface area contributed by atoms with Crippen LogP contribution in [0.1, 0.15) is 42.5 Å². The molecule has 0 amide bonds. The van der Waals surface area contributed by atoms with Crippen molar-refractivity contribution in [2.45, 2.75) is 45.4 Å². The van der Waals surface area contributed by atoms with Crippen molar-refractivity contribution in [3.8, 4) is 5.75 Å². The van der Waals surface area contributed by atoms with Crippen LogP contribution in [0.5, 0.6) is 5.75 Å². The lowest BCUT2D eigenvalue weighted by molar-refractivity contribution is -0.111. The predicted octanol–water partition coefficient (Wildman–Crippen LogP) is 0.976. The SMILES string of the molecule is CCc1nnc2n1CCN(c1cc(C(=[NH2+])c3cc(OC4CC4)ccc3N)ccn1)C2. The van der Waals surface area contributed by atoms with Crippen molar-refractivity contribution in [3.63, 3.8) is 0 Å². The van der Waals surface area contributed by atoms with E-state index in [0.717, 1.165) is 66.7 Å². The molecule has 1 saturated carbocycles. The summed E-state index contributed by atoms with van der Waals surface area (Å²) in [5.41, 5.74) is 9.15. The summed E-state index contributed by atoms with van der Waals surface area (Å²) in [7, 11) is 0. The van der Waals surface area contributed by atoms with E-state index in [1.165, 1.54) is 0 Å². The quantitative estimate of drug-likeness (QED) is 0.468. The number of anilines is 2. The first kappa shape index (κ1) is 18.6. The second-order valence-corrected chi connectivity index (χ2v) is 7.84. The first-order valence-electron chi connectivity index (χ1n) is 10.4. The smallest absolute Gasteiger partial charge is 0.213 e. The van der Waals surface area contributed by atoms with Gasteiger partial charge in [-0.1, -0.05) is 6.92 Å². The molecule has 1 aliphatic carbocycles. The third-order valence-electron chi connectivity index (χ3n) is 5.67. The summed E-state index contributed by atoms with van der Waals surface area (Å²) in [6.45, 7) is 4.48. The van der Waals surface area contributed by atoms with Crippen molar-refractivity contribution in [2.75, 3.05) is 17.2 Å². The maximum absolute atomic E-state index is 6.54. The molecular weight excluding hydrogens is 378 g/mol. The average Bonchev–Trinajstić information content (AvgIpc) is 3.50. The Morgan fingerprint density at radius 1 is 1.20 bits per heavy atom. The van der Waals surface area contributed by atoms with Crippen LogP contribution in [0.15, 0.2) is 36.5 Å². The highest BCUT2D eigenvalue weighted by Gasteiger charge is 2.25. The Bertz CT molecular complexity index is 1100. The van der Waals surface area contributed by atoms with Crippen LogP contribution in [-0.2, 0) is 19.5 Å². The Balaban J connectivity index is 1.39. The van der Waals surface area contributed by atoms with Gasteiger partial charge in [-0.3, -0.25) is 5.41 Å². The summed E-state index contributed by atoms with van der Waals surface area (Å²) in [5.74, 6) is 3.68. The first-order chi connectivity index (χ1) is 14.6. The van der Waals surface area contributed by atoms with E-state index in [2.05, 4.69) is 31.6 Å². The molecule has 2 aliphatic rings. The number of nitrogen functional groups attached to an aromatic ring is 1. The lowest BCUT2D eigenvalue weighted by Crippen LogP contribution is -2.41. The van der Waals surface area contributed by atoms with Gasteiger partial charge in [0, 0.05) is 31.4 Å². The number of nitrogens with zero attached hydrogens (tertiary/aromatic N) is 5. The van der Waals surface area contributed by atoms with E-state index in [4.69, 9.17) is 15.9 Å². The van der Waals surface area contributed by atoms with Gasteiger partial charge in [-0.2, -0.15) is 0 Å². The van der Waals surface area contributed by atoms with E-state index in [0.29, 0.717) is 24.0 Å². The number of benzene rings is 1. The summed E-state index contributed by atoms with van der Waals surface area (Å²) in [4.78, 5) is 6.77. The molecule has 154 valence electrons. The van der Waals surface area contributed by atoms with Crippen molar-refractivity contribution >= 4 is 17.2 Å². The second-order valence-electron chi connectivity index (χ2n) is 7.84. The standard InChI is InChI=1S/C22H25N7O/c1-2-19-26-27-21-13-28(9-10-29(19)21)20-11-14(7-8-25-20)22(24)17-12-16(5-6-18(17)23)30-15-3-4-15/h5-8,11-12,15,24H,2-4,9-10,13,23H2,1H3/p+1. The Labute approximate surface area is 175 Å². The monoisotopic (exact) mass is 404 g/mol. The maximum Gasteiger partial charge on any atom is 0.213 e. The Morgan fingerprint density at radius 2 is 2.07 bits per heavy atom. The van der Waals surface area contributed by atoms with Crippen molar-refractivity contribution in [2.24, 2.45) is 0 Å². The van der Waals surface area contributed by atoms with Crippen LogP contribution < -0.4 is 20.8 Å². The van der Waals surface area contributed by atoms with Gasteiger partial charge in [-0.15, -0.1) is 10.2 Å². The van der Waals surface area contributed by atoms with Gasteiger partial charge in [0.25, 0.3) is 0 Å². The van der Waals surface area contributed by atoms with Crippen LogP contribution in [0.25, 0.3) is 0 Å². The number of pyridine rings is 1. The van der Waals surface area contributed by atoms with E-state index >= 15 is 0 Å². The predicted molar refractivity (Wildman–Crippen MR) is 114 cm³/mol. The molecular formula is C22H26N7O+. The van der Waals surface area contributed by atoms with Gasteiger partial charge in [0.1, 0.15) is 17.4 Å². The number of fused-ring (bicyclic) bond motifs is 1. The molecule has 0 radical (unpaired) electrons. The Morgan fingerprint density at radius 3 is 2.87 bits per heavy atom. The molecule has 8 heteroatoms. The minimum absolute atomic E-state index is 0.324. The number of nitrogens with two attached hydrogens (primary N) is 2. The molecule has 0 unspecified atom stereocenters. The molecule has 3 aromatic rings. The number of hydrogen-bond acceptors (Lipinski definition) is 6. The molecule has 0 spiro atoms. The number of hydrogen-bond donors (Lipinski definition) is 2. The fourth-order valence-corrected chi connectivity index (χ4v) is 3.81. The molecule has 2 aromatic heterocycles. The molecule has 0 atom stereocenters. The normalized spacial score (nSPS) is 15.7. The zero-order valence-corrected chi connectivity index (χ0v) is 17.1. The van der Waals surface area contributed by atoms with Crippen molar-refractivity contribution in [1.29, 1.82) is 0 Å². The Kier molecular flexibility index (Phi) is 4.61. The molecule has 1 aliphatic heterocycles. The van der Waals surface area contributed by atoms with Crippen LogP contribution in [0, 0.1) is 0 Å². The minimum atomic E-state index is 0.324. The van der Waals surface area contributed by atoms with E-state index in [9.17, 15) is 0 Å². The number of rotatable bonds is 6. The van der Waals surface area contributed by atoms with E-state index in [-0.39, 0.29) is 0 Å². The van der Waals surface area contributed by atoms with Crippen LogP contribution in [0.4, 0.5) is 11.5 Å². The van der Waals surface area contributed by atoms with Crippen LogP contribution >= 0.6 is 0 Å². The molecule has 0 bridgehead atoms. The maximum atomic E-state index is 6.54. The molecule has 30 heavy (non-hydrogen) atoms. The van der Waals surface area contributed by atoms with E-state index in [1.807, 2.05) is 30.3 Å². The van der Waals surface area contributed by atoms with Crippen LogP contribution in [-0.4, -0.2) is 38.1 Å². The minimum Gasteiger partial charge on any atom is -0.490 e. The topological polar surface area (TPSA) is 108 Å². The van der Waals surface area contributed by atoms with Gasteiger partial charge in [-0.25, -0.2) is 4.98 Å². The highest BCUT2D eigenvalue weighted by molar-refractivity contribution is 6.12. The highest BCUT2D eigenvalue weighted by Crippen LogP contribution is 2.29. The molecule has 3 heterocycles. The van der Waals surface area contributed by atoms with Crippen molar-refractivity contribution in [1.82, 2.24) is 19.7 Å². The third-order valence-corrected chi connectivity index (χ3v) is 5.67. The van der Waals surface area contributed by atoms with Crippen LogP contribution in [0.3, 0.4) is 0 Å². The van der Waals surface area contributed by atoms with Gasteiger partial charge in [0.05, 0.1) is 23.8 Å². The molecule has 0 saturated heterocycles. The molecule has 1 fully saturated rings. The van der Waals surface area contributed by atoms with Gasteiger partial charge >= 0.3 is 0 Å². The highest BCUT2D eigenvalue weighted by atomic mass is 16.5. The largest absolute Gasteiger partial charge is 0.490 e. The summed E-state index contributed by atoms with van der Waals surface area (Å²) in [6, 6.07) is 9.60. The number of aryl methyl sites for hydroxylation is 1. The summed E-state index contributed by atoms with van der Waals surface area (Å²) in [6.07, 6.45) is 5.21. The molecule has 8 nitrogen and oxygen atoms in total. The van der Waals surface area contributed by atoms with E-state index in [1.54, 1.807) is 6.20 Å². The van der Waals surface area contributed by atoms with Crippen molar-refractivity contribution < 1.29 is 10.1 Å². The average molecular weight is 404 g/mol. The lowest BCUT2D eigenvalue weighted by atomic mass is 10.0. The van der Waals surface area contributed by atoms with E-state index < -0.39 is 0 Å². The van der Waals surface area contributed by atoms with Gasteiger partial charge in [0.2, 0.25) is 5.71 Å². The third kappa shape index (κ3) is 3.49. The summed E-state index contributed by atoms with van der Waals surface area (Å²) in [5, 5.41) is 15.2. The molecule has 5 rings (SSSR count). The van der Waals surface area contributed by atoms with Crippen molar-refractivity contribution in [3.05, 3.63) is 59.3 Å². The number of ether oxygens (including phenoxy) is 1. The zero-order valence-electron chi connectivity index (χ0n) is 17.1. The summed E-state index contributed by atoms with van der Waals surface area (Å²) >= 11 is 0. The fourth-order valence-electron chi connectivity index (χ4n) is 3.81. The zero-order chi connectivity index (χ0) is 20.7.